The highest BCUT2D eigenvalue weighted by Gasteiger charge is 2.06. The maximum atomic E-state index is 11.4. The first-order valence-electron chi connectivity index (χ1n) is 5.28. The molecule has 0 aliphatic rings. The molecule has 0 saturated carbocycles. The van der Waals surface area contributed by atoms with Gasteiger partial charge in [-0.15, -0.1) is 0 Å². The summed E-state index contributed by atoms with van der Waals surface area (Å²) in [4.78, 5) is 27.9. The summed E-state index contributed by atoms with van der Waals surface area (Å²) < 4.78 is 0.474. The van der Waals surface area contributed by atoms with Gasteiger partial charge in [-0.3, -0.25) is 14.9 Å². The highest BCUT2D eigenvalue weighted by atomic mass is 127. The number of aromatic amines is 1. The van der Waals surface area contributed by atoms with Crippen molar-refractivity contribution in [3.05, 3.63) is 60.2 Å². The monoisotopic (exact) mass is 372 g/mol. The van der Waals surface area contributed by atoms with Gasteiger partial charge in [0.1, 0.15) is 9.39 Å². The van der Waals surface area contributed by atoms with E-state index in [1.807, 2.05) is 22.6 Å². The summed E-state index contributed by atoms with van der Waals surface area (Å²) in [6, 6.07) is 6.19. The van der Waals surface area contributed by atoms with Crippen molar-refractivity contribution in [1.29, 1.82) is 0 Å². The van der Waals surface area contributed by atoms with Gasteiger partial charge in [0.2, 0.25) is 0 Å². The highest BCUT2D eigenvalue weighted by Crippen LogP contribution is 2.14. The van der Waals surface area contributed by atoms with E-state index >= 15 is 0 Å². The van der Waals surface area contributed by atoms with Crippen LogP contribution in [0.1, 0.15) is 5.56 Å². The van der Waals surface area contributed by atoms with Gasteiger partial charge in [-0.25, -0.2) is 4.98 Å². The minimum Gasteiger partial charge on any atom is -0.365 e. The molecule has 8 heteroatoms. The average molecular weight is 372 g/mol. The van der Waals surface area contributed by atoms with Crippen molar-refractivity contribution in [1.82, 2.24) is 9.97 Å². The molecule has 2 aromatic rings. The number of halogens is 1. The fraction of sp³-hybridized carbons (Fsp3) is 0.0909. The molecule has 0 aliphatic heterocycles. The number of non-ortho nitro benzene ring substituents is 1. The van der Waals surface area contributed by atoms with Gasteiger partial charge < -0.3 is 10.3 Å². The van der Waals surface area contributed by atoms with Gasteiger partial charge >= 0.3 is 0 Å². The Bertz CT molecular complexity index is 654. The van der Waals surface area contributed by atoms with Crippen molar-refractivity contribution in [3.8, 4) is 0 Å². The molecule has 1 heterocycles. The SMILES string of the molecule is O=c1[nH]cnc(NCc2ccc([N+](=O)[O-])cc2)c1I. The Labute approximate surface area is 121 Å². The molecule has 0 atom stereocenters. The fourth-order valence-corrected chi connectivity index (χ4v) is 1.91. The molecule has 98 valence electrons. The summed E-state index contributed by atoms with van der Waals surface area (Å²) in [6.07, 6.45) is 1.32. The maximum absolute atomic E-state index is 11.4. The quantitative estimate of drug-likeness (QED) is 0.485. The molecule has 0 unspecified atom stereocenters. The molecule has 0 saturated heterocycles. The van der Waals surface area contributed by atoms with E-state index in [0.29, 0.717) is 15.9 Å². The zero-order valence-corrected chi connectivity index (χ0v) is 11.7. The first-order valence-corrected chi connectivity index (χ1v) is 6.36. The van der Waals surface area contributed by atoms with Crippen LogP contribution in [0.5, 0.6) is 0 Å². The van der Waals surface area contributed by atoms with Crippen molar-refractivity contribution < 1.29 is 4.92 Å². The first kappa shape index (κ1) is 13.5. The average Bonchev–Trinajstić information content (AvgIpc) is 2.41. The number of nitrogens with zero attached hydrogens (tertiary/aromatic N) is 2. The van der Waals surface area contributed by atoms with Crippen LogP contribution in [0.4, 0.5) is 11.5 Å². The summed E-state index contributed by atoms with van der Waals surface area (Å²) >= 11 is 1.90. The van der Waals surface area contributed by atoms with Gasteiger partial charge in [0.15, 0.2) is 0 Å². The fourth-order valence-electron chi connectivity index (χ4n) is 1.43. The molecule has 0 bridgehead atoms. The van der Waals surface area contributed by atoms with Gasteiger partial charge in [-0.05, 0) is 28.2 Å². The summed E-state index contributed by atoms with van der Waals surface area (Å²) in [7, 11) is 0. The number of nitro groups is 1. The lowest BCUT2D eigenvalue weighted by atomic mass is 10.2. The van der Waals surface area contributed by atoms with Crippen LogP contribution in [0.15, 0.2) is 35.4 Å². The van der Waals surface area contributed by atoms with Gasteiger partial charge in [-0.1, -0.05) is 12.1 Å². The zero-order valence-electron chi connectivity index (χ0n) is 9.59. The predicted molar refractivity (Wildman–Crippen MR) is 78.0 cm³/mol. The Morgan fingerprint density at radius 2 is 2.05 bits per heavy atom. The molecular weight excluding hydrogens is 363 g/mol. The largest absolute Gasteiger partial charge is 0.365 e. The molecule has 2 rings (SSSR count). The van der Waals surface area contributed by atoms with Crippen LogP contribution in [-0.2, 0) is 6.54 Å². The van der Waals surface area contributed by atoms with E-state index < -0.39 is 4.92 Å². The van der Waals surface area contributed by atoms with Crippen LogP contribution < -0.4 is 10.9 Å². The Morgan fingerprint density at radius 3 is 2.68 bits per heavy atom. The standard InChI is InChI=1S/C11H9IN4O3/c12-9-10(14-6-15-11(9)17)13-5-7-1-3-8(4-2-7)16(18)19/h1-4,6H,5H2,(H2,13,14,15,17). The Morgan fingerprint density at radius 1 is 1.37 bits per heavy atom. The molecule has 1 aromatic carbocycles. The number of benzene rings is 1. The second-order valence-corrected chi connectivity index (χ2v) is 4.75. The molecule has 0 spiro atoms. The topological polar surface area (TPSA) is 101 Å². The lowest BCUT2D eigenvalue weighted by molar-refractivity contribution is -0.384. The van der Waals surface area contributed by atoms with E-state index in [1.165, 1.54) is 18.5 Å². The van der Waals surface area contributed by atoms with Crippen molar-refractivity contribution >= 4 is 34.1 Å². The van der Waals surface area contributed by atoms with Crippen LogP contribution in [0, 0.1) is 13.7 Å². The van der Waals surface area contributed by atoms with Crippen molar-refractivity contribution in [2.75, 3.05) is 5.32 Å². The van der Waals surface area contributed by atoms with E-state index in [1.54, 1.807) is 12.1 Å². The van der Waals surface area contributed by atoms with Crippen molar-refractivity contribution in [3.63, 3.8) is 0 Å². The summed E-state index contributed by atoms with van der Waals surface area (Å²) in [5.74, 6) is 0.489. The second-order valence-electron chi connectivity index (χ2n) is 3.67. The molecule has 0 fully saturated rings. The number of hydrogen-bond acceptors (Lipinski definition) is 5. The zero-order chi connectivity index (χ0) is 13.8. The van der Waals surface area contributed by atoms with E-state index in [0.717, 1.165) is 5.56 Å². The first-order chi connectivity index (χ1) is 9.08. The van der Waals surface area contributed by atoms with Crippen LogP contribution in [0.25, 0.3) is 0 Å². The van der Waals surface area contributed by atoms with Gasteiger partial charge in [-0.2, -0.15) is 0 Å². The summed E-state index contributed by atoms with van der Waals surface area (Å²) in [5.41, 5.74) is 0.706. The summed E-state index contributed by atoms with van der Waals surface area (Å²) in [5, 5.41) is 13.5. The molecule has 19 heavy (non-hydrogen) atoms. The normalized spacial score (nSPS) is 10.2. The third kappa shape index (κ3) is 3.28. The van der Waals surface area contributed by atoms with E-state index in [9.17, 15) is 14.9 Å². The van der Waals surface area contributed by atoms with Crippen LogP contribution in [0.2, 0.25) is 0 Å². The van der Waals surface area contributed by atoms with Gasteiger partial charge in [0, 0.05) is 18.7 Å². The Hall–Kier alpha value is -1.97. The smallest absolute Gasteiger partial charge is 0.269 e. The molecule has 2 N–H and O–H groups in total. The number of aromatic nitrogens is 2. The minimum absolute atomic E-state index is 0.0487. The lowest BCUT2D eigenvalue weighted by Crippen LogP contribution is -2.14. The lowest BCUT2D eigenvalue weighted by Gasteiger charge is -2.06. The molecular formula is C11H9IN4O3. The third-order valence-corrected chi connectivity index (χ3v) is 3.40. The number of H-pyrrole nitrogens is 1. The highest BCUT2D eigenvalue weighted by molar-refractivity contribution is 14.1. The predicted octanol–water partition coefficient (Wildman–Crippen LogP) is 1.89. The molecule has 0 radical (unpaired) electrons. The van der Waals surface area contributed by atoms with E-state index in [2.05, 4.69) is 15.3 Å². The minimum atomic E-state index is -0.446. The molecule has 0 aliphatic carbocycles. The maximum Gasteiger partial charge on any atom is 0.269 e. The van der Waals surface area contributed by atoms with Crippen LogP contribution in [-0.4, -0.2) is 14.9 Å². The number of nitro benzene ring substituents is 1. The van der Waals surface area contributed by atoms with Crippen molar-refractivity contribution in [2.24, 2.45) is 0 Å². The van der Waals surface area contributed by atoms with Crippen LogP contribution >= 0.6 is 22.6 Å². The van der Waals surface area contributed by atoms with Gasteiger partial charge in [0.25, 0.3) is 11.2 Å². The summed E-state index contributed by atoms with van der Waals surface area (Å²) in [6.45, 7) is 0.435. The van der Waals surface area contributed by atoms with E-state index in [-0.39, 0.29) is 11.2 Å². The van der Waals surface area contributed by atoms with Crippen LogP contribution in [0.3, 0.4) is 0 Å². The number of nitrogens with one attached hydrogen (secondary N) is 2. The van der Waals surface area contributed by atoms with Crippen molar-refractivity contribution in [2.45, 2.75) is 6.54 Å². The number of hydrogen-bond donors (Lipinski definition) is 2. The third-order valence-electron chi connectivity index (χ3n) is 2.40. The molecule has 7 nitrogen and oxygen atoms in total. The molecule has 0 amide bonds. The second kappa shape index (κ2) is 5.78. The number of anilines is 1. The molecule has 1 aromatic heterocycles. The van der Waals surface area contributed by atoms with Gasteiger partial charge in [0.05, 0.1) is 11.3 Å². The Balaban J connectivity index is 2.08. The Kier molecular flexibility index (Phi) is 4.10. The number of rotatable bonds is 4. The van der Waals surface area contributed by atoms with E-state index in [4.69, 9.17) is 0 Å².